The van der Waals surface area contributed by atoms with E-state index in [0.29, 0.717) is 18.8 Å². The molecule has 0 saturated carbocycles. The van der Waals surface area contributed by atoms with Crippen molar-refractivity contribution in [3.63, 3.8) is 0 Å². The third kappa shape index (κ3) is 13.8. The molecule has 0 radical (unpaired) electrons. The molecule has 7 nitrogen and oxygen atoms in total. The van der Waals surface area contributed by atoms with E-state index in [0.717, 1.165) is 58.0 Å². The first-order chi connectivity index (χ1) is 14.3. The van der Waals surface area contributed by atoms with E-state index >= 15 is 0 Å². The van der Waals surface area contributed by atoms with Gasteiger partial charge in [0.25, 0.3) is 0 Å². The predicted octanol–water partition coefficient (Wildman–Crippen LogP) is 4.46. The van der Waals surface area contributed by atoms with E-state index in [2.05, 4.69) is 52.4 Å². The fourth-order valence-electron chi connectivity index (χ4n) is 3.88. The fourth-order valence-corrected chi connectivity index (χ4v) is 22.6. The zero-order valence-electron chi connectivity index (χ0n) is 21.1. The molecule has 2 fully saturated rings. The third-order valence-electron chi connectivity index (χ3n) is 4.91. The SMILES string of the molecule is C[Si](C)(C)O[Si](C)(CCCOCC1CO1)O[Si](C)(C)O[Si](C)(C)CCCOCC1CO1. The van der Waals surface area contributed by atoms with E-state index in [1.54, 1.807) is 0 Å². The number of epoxide rings is 2. The minimum atomic E-state index is -2.36. The molecule has 11 heteroatoms. The van der Waals surface area contributed by atoms with Crippen molar-refractivity contribution in [1.29, 1.82) is 0 Å². The van der Waals surface area contributed by atoms with Gasteiger partial charge >= 0.3 is 17.1 Å². The third-order valence-corrected chi connectivity index (χ3v) is 19.8. The van der Waals surface area contributed by atoms with Crippen LogP contribution in [0.5, 0.6) is 0 Å². The zero-order chi connectivity index (χ0) is 23.2. The molecule has 31 heavy (non-hydrogen) atoms. The van der Waals surface area contributed by atoms with Gasteiger partial charge in [0.15, 0.2) is 16.6 Å². The van der Waals surface area contributed by atoms with E-state index in [4.69, 9.17) is 31.3 Å². The normalized spacial score (nSPS) is 23.6. The summed E-state index contributed by atoms with van der Waals surface area (Å²) >= 11 is 0. The van der Waals surface area contributed by atoms with Gasteiger partial charge in [0.1, 0.15) is 12.2 Å². The molecule has 2 heterocycles. The van der Waals surface area contributed by atoms with Gasteiger partial charge in [0.2, 0.25) is 0 Å². The van der Waals surface area contributed by atoms with Crippen molar-refractivity contribution in [2.75, 3.05) is 39.6 Å². The fraction of sp³-hybridized carbons (Fsp3) is 1.00. The summed E-state index contributed by atoms with van der Waals surface area (Å²) in [4.78, 5) is 0. The first-order valence-electron chi connectivity index (χ1n) is 11.8. The molecule has 0 bridgehead atoms. The second-order valence-corrected chi connectivity index (χ2v) is 27.2. The molecule has 0 aromatic carbocycles. The molecule has 184 valence electrons. The number of hydrogen-bond donors (Lipinski definition) is 0. The van der Waals surface area contributed by atoms with Gasteiger partial charge in [0, 0.05) is 13.2 Å². The van der Waals surface area contributed by atoms with Gasteiger partial charge in [-0.05, 0) is 77.3 Å². The molecular formula is C20H46O7Si4. The summed E-state index contributed by atoms with van der Waals surface area (Å²) in [6, 6.07) is 2.00. The topological polar surface area (TPSA) is 71.2 Å². The average Bonchev–Trinajstić information content (AvgIpc) is 3.45. The molecule has 2 aliphatic rings. The highest BCUT2D eigenvalue weighted by atomic mass is 28.5. The van der Waals surface area contributed by atoms with Crippen LogP contribution in [0.25, 0.3) is 0 Å². The Labute approximate surface area is 194 Å². The van der Waals surface area contributed by atoms with Crippen LogP contribution in [0.2, 0.25) is 64.5 Å². The minimum Gasteiger partial charge on any atom is -0.437 e. The zero-order valence-corrected chi connectivity index (χ0v) is 25.1. The Morgan fingerprint density at radius 1 is 0.677 bits per heavy atom. The molecule has 0 aromatic rings. The van der Waals surface area contributed by atoms with Crippen molar-refractivity contribution in [2.24, 2.45) is 0 Å². The number of hydrogen-bond acceptors (Lipinski definition) is 7. The van der Waals surface area contributed by atoms with E-state index < -0.39 is 33.8 Å². The minimum absolute atomic E-state index is 0.317. The van der Waals surface area contributed by atoms with E-state index in [1.807, 2.05) is 0 Å². The summed E-state index contributed by atoms with van der Waals surface area (Å²) in [5.41, 5.74) is 0. The molecule has 2 rings (SSSR count). The van der Waals surface area contributed by atoms with Crippen LogP contribution in [0.1, 0.15) is 12.8 Å². The lowest BCUT2D eigenvalue weighted by Gasteiger charge is -2.42. The van der Waals surface area contributed by atoms with Crippen LogP contribution in [0.3, 0.4) is 0 Å². The average molecular weight is 511 g/mol. The molecule has 0 aromatic heterocycles. The summed E-state index contributed by atoms with van der Waals surface area (Å²) in [6.45, 7) is 22.5. The first-order valence-corrected chi connectivity index (χ1v) is 23.6. The number of ether oxygens (including phenoxy) is 4. The van der Waals surface area contributed by atoms with Crippen molar-refractivity contribution in [3.8, 4) is 0 Å². The largest absolute Gasteiger partial charge is 0.437 e. The molecule has 3 unspecified atom stereocenters. The Hall–Kier alpha value is 0.588. The first kappa shape index (κ1) is 27.8. The smallest absolute Gasteiger partial charge is 0.315 e. The lowest BCUT2D eigenvalue weighted by molar-refractivity contribution is 0.115. The van der Waals surface area contributed by atoms with E-state index in [9.17, 15) is 0 Å². The highest BCUT2D eigenvalue weighted by molar-refractivity contribution is 6.89. The molecule has 0 N–H and O–H groups in total. The lowest BCUT2D eigenvalue weighted by atomic mass is 10.5. The quantitative estimate of drug-likeness (QED) is 0.153. The predicted molar refractivity (Wildman–Crippen MR) is 133 cm³/mol. The standard InChI is InChI=1S/C20H46O7Si4/c1-28(2,3)25-31(8,14-10-12-22-16-20-18-24-20)27-30(6,7)26-29(4,5)13-9-11-21-15-19-17-23-19/h19-20H,9-18H2,1-8H3. The Morgan fingerprint density at radius 3 is 1.61 bits per heavy atom. The highest BCUT2D eigenvalue weighted by Crippen LogP contribution is 2.29. The second kappa shape index (κ2) is 11.8. The van der Waals surface area contributed by atoms with Gasteiger partial charge in [-0.1, -0.05) is 0 Å². The van der Waals surface area contributed by atoms with Crippen molar-refractivity contribution >= 4 is 33.8 Å². The molecule has 0 aliphatic carbocycles. The van der Waals surface area contributed by atoms with Gasteiger partial charge in [-0.2, -0.15) is 0 Å². The van der Waals surface area contributed by atoms with Gasteiger partial charge in [0.05, 0.1) is 26.4 Å². The highest BCUT2D eigenvalue weighted by Gasteiger charge is 2.44. The van der Waals surface area contributed by atoms with Crippen LogP contribution in [0, 0.1) is 0 Å². The molecule has 3 atom stereocenters. The Balaban J connectivity index is 1.79. The van der Waals surface area contributed by atoms with Gasteiger partial charge < -0.3 is 31.3 Å². The summed E-state index contributed by atoms with van der Waals surface area (Å²) in [5, 5.41) is 0. The van der Waals surface area contributed by atoms with E-state index in [1.165, 1.54) is 0 Å². The maximum absolute atomic E-state index is 6.82. The van der Waals surface area contributed by atoms with Crippen LogP contribution >= 0.6 is 0 Å². The molecule has 2 saturated heterocycles. The van der Waals surface area contributed by atoms with Crippen LogP contribution in [0.15, 0.2) is 0 Å². The van der Waals surface area contributed by atoms with Crippen molar-refractivity contribution < 1.29 is 31.3 Å². The van der Waals surface area contributed by atoms with Crippen molar-refractivity contribution in [1.82, 2.24) is 0 Å². The van der Waals surface area contributed by atoms with Crippen molar-refractivity contribution in [3.05, 3.63) is 0 Å². The van der Waals surface area contributed by atoms with Crippen LogP contribution in [-0.4, -0.2) is 85.6 Å². The maximum atomic E-state index is 6.82. The van der Waals surface area contributed by atoms with Gasteiger partial charge in [-0.3, -0.25) is 0 Å². The van der Waals surface area contributed by atoms with E-state index in [-0.39, 0.29) is 0 Å². The monoisotopic (exact) mass is 510 g/mol. The lowest BCUT2D eigenvalue weighted by Crippen LogP contribution is -2.57. The second-order valence-electron chi connectivity index (χ2n) is 11.0. The van der Waals surface area contributed by atoms with Crippen LogP contribution in [-0.2, 0) is 31.3 Å². The Morgan fingerprint density at radius 2 is 1.16 bits per heavy atom. The van der Waals surface area contributed by atoms with Crippen molar-refractivity contribution in [2.45, 2.75) is 89.5 Å². The summed E-state index contributed by atoms with van der Waals surface area (Å²) < 4.78 is 42.1. The summed E-state index contributed by atoms with van der Waals surface area (Å²) in [7, 11) is -8.27. The van der Waals surface area contributed by atoms with Gasteiger partial charge in [-0.25, -0.2) is 0 Å². The van der Waals surface area contributed by atoms with Crippen LogP contribution in [0.4, 0.5) is 0 Å². The molecular weight excluding hydrogens is 465 g/mol. The number of rotatable bonds is 18. The summed E-state index contributed by atoms with van der Waals surface area (Å²) in [5.74, 6) is 0. The molecule has 0 amide bonds. The Kier molecular flexibility index (Phi) is 10.6. The van der Waals surface area contributed by atoms with Gasteiger partial charge in [-0.15, -0.1) is 0 Å². The maximum Gasteiger partial charge on any atom is 0.315 e. The van der Waals surface area contributed by atoms with Crippen LogP contribution < -0.4 is 0 Å². The Bertz CT molecular complexity index is 536. The molecule has 2 aliphatic heterocycles. The molecule has 0 spiro atoms. The summed E-state index contributed by atoms with van der Waals surface area (Å²) in [6.07, 6.45) is 2.63.